The normalized spacial score (nSPS) is 20.9. The van der Waals surface area contributed by atoms with E-state index >= 15 is 0 Å². The number of ether oxygens (including phenoxy) is 1. The van der Waals surface area contributed by atoms with Crippen molar-refractivity contribution in [3.8, 4) is 5.75 Å². The SMILES string of the molecule is COc1ccc2c(c1)N1CCN(Cc3ccc(Cl)cc3)CC1C(C(=O)NCC(C)C)C2. The van der Waals surface area contributed by atoms with Gasteiger partial charge in [-0.05, 0) is 41.7 Å². The highest BCUT2D eigenvalue weighted by atomic mass is 35.5. The quantitative estimate of drug-likeness (QED) is 0.736. The van der Waals surface area contributed by atoms with Crippen LogP contribution < -0.4 is 15.0 Å². The molecule has 2 aromatic rings. The summed E-state index contributed by atoms with van der Waals surface area (Å²) in [5, 5.41) is 3.94. The number of piperazine rings is 1. The number of nitrogens with zero attached hydrogens (tertiary/aromatic N) is 2. The van der Waals surface area contributed by atoms with Gasteiger partial charge in [0.05, 0.1) is 19.1 Å². The van der Waals surface area contributed by atoms with Crippen molar-refractivity contribution < 1.29 is 9.53 Å². The largest absolute Gasteiger partial charge is 0.497 e. The summed E-state index contributed by atoms with van der Waals surface area (Å²) < 4.78 is 5.48. The lowest BCUT2D eigenvalue weighted by Gasteiger charge is -2.49. The molecular formula is C25H32ClN3O2. The van der Waals surface area contributed by atoms with Crippen LogP contribution in [0.4, 0.5) is 5.69 Å². The minimum Gasteiger partial charge on any atom is -0.497 e. The Morgan fingerprint density at radius 1 is 1.19 bits per heavy atom. The molecule has 2 unspecified atom stereocenters. The minimum absolute atomic E-state index is 0.0623. The summed E-state index contributed by atoms with van der Waals surface area (Å²) in [5.41, 5.74) is 3.69. The highest BCUT2D eigenvalue weighted by Crippen LogP contribution is 2.38. The molecule has 2 aromatic carbocycles. The van der Waals surface area contributed by atoms with Crippen LogP contribution in [0.1, 0.15) is 25.0 Å². The van der Waals surface area contributed by atoms with Crippen molar-refractivity contribution in [1.82, 2.24) is 10.2 Å². The van der Waals surface area contributed by atoms with Gasteiger partial charge in [0, 0.05) is 49.5 Å². The van der Waals surface area contributed by atoms with Gasteiger partial charge in [0.15, 0.2) is 0 Å². The highest BCUT2D eigenvalue weighted by Gasteiger charge is 2.41. The van der Waals surface area contributed by atoms with Crippen molar-refractivity contribution in [2.75, 3.05) is 38.2 Å². The van der Waals surface area contributed by atoms with Gasteiger partial charge in [-0.15, -0.1) is 0 Å². The maximum atomic E-state index is 13.2. The Kier molecular flexibility index (Phi) is 6.73. The number of carbonyl (C=O) groups excluding carboxylic acids is 1. The summed E-state index contributed by atoms with van der Waals surface area (Å²) in [4.78, 5) is 18.1. The topological polar surface area (TPSA) is 44.8 Å². The van der Waals surface area contributed by atoms with E-state index in [9.17, 15) is 4.79 Å². The molecule has 166 valence electrons. The first kappa shape index (κ1) is 22.0. The minimum atomic E-state index is -0.0623. The number of hydrogen-bond acceptors (Lipinski definition) is 4. The Bertz CT molecular complexity index is 915. The molecule has 1 amide bonds. The number of methoxy groups -OCH3 is 1. The Balaban J connectivity index is 1.57. The number of halogens is 1. The summed E-state index contributed by atoms with van der Waals surface area (Å²) in [7, 11) is 1.70. The second-order valence-electron chi connectivity index (χ2n) is 9.07. The molecule has 5 nitrogen and oxygen atoms in total. The van der Waals surface area contributed by atoms with Crippen molar-refractivity contribution in [2.45, 2.75) is 32.9 Å². The Morgan fingerprint density at radius 3 is 2.68 bits per heavy atom. The fourth-order valence-corrected chi connectivity index (χ4v) is 4.82. The van der Waals surface area contributed by atoms with Crippen LogP contribution >= 0.6 is 11.6 Å². The molecule has 2 aliphatic heterocycles. The third kappa shape index (κ3) is 4.99. The van der Waals surface area contributed by atoms with Crippen LogP contribution in [0, 0.1) is 11.8 Å². The smallest absolute Gasteiger partial charge is 0.225 e. The molecule has 6 heteroatoms. The van der Waals surface area contributed by atoms with Crippen LogP contribution in [0.15, 0.2) is 42.5 Å². The molecule has 4 rings (SSSR count). The molecule has 2 heterocycles. The molecule has 0 aromatic heterocycles. The Hall–Kier alpha value is -2.24. The molecule has 0 radical (unpaired) electrons. The predicted octanol–water partition coefficient (Wildman–Crippen LogP) is 3.98. The lowest BCUT2D eigenvalue weighted by Crippen LogP contribution is -2.61. The standard InChI is InChI=1S/C25H32ClN3O2/c1-17(2)14-27-25(30)22-12-19-6-9-21(31-3)13-23(19)29-11-10-28(16-24(22)29)15-18-4-7-20(26)8-5-18/h4-9,13,17,22,24H,10-12,14-16H2,1-3H3,(H,27,30). The number of benzene rings is 2. The Labute approximate surface area is 190 Å². The van der Waals surface area contributed by atoms with E-state index in [1.165, 1.54) is 16.8 Å². The number of rotatable bonds is 6. The van der Waals surface area contributed by atoms with Crippen LogP contribution in [-0.2, 0) is 17.8 Å². The molecule has 1 saturated heterocycles. The second kappa shape index (κ2) is 9.49. The molecule has 31 heavy (non-hydrogen) atoms. The zero-order valence-electron chi connectivity index (χ0n) is 18.6. The summed E-state index contributed by atoms with van der Waals surface area (Å²) in [6.07, 6.45) is 0.763. The van der Waals surface area contributed by atoms with Crippen LogP contribution in [0.5, 0.6) is 5.75 Å². The molecule has 0 spiro atoms. The molecule has 0 aliphatic carbocycles. The summed E-state index contributed by atoms with van der Waals surface area (Å²) in [6.45, 7) is 8.55. The maximum absolute atomic E-state index is 13.2. The molecule has 1 fully saturated rings. The molecule has 1 N–H and O–H groups in total. The number of hydrogen-bond donors (Lipinski definition) is 1. The average Bonchev–Trinajstić information content (AvgIpc) is 2.78. The highest BCUT2D eigenvalue weighted by molar-refractivity contribution is 6.30. The van der Waals surface area contributed by atoms with Gasteiger partial charge < -0.3 is 15.0 Å². The van der Waals surface area contributed by atoms with E-state index < -0.39 is 0 Å². The van der Waals surface area contributed by atoms with E-state index in [-0.39, 0.29) is 17.9 Å². The lowest BCUT2D eigenvalue weighted by atomic mass is 9.83. The molecule has 2 atom stereocenters. The van der Waals surface area contributed by atoms with Crippen molar-refractivity contribution in [3.05, 3.63) is 58.6 Å². The lowest BCUT2D eigenvalue weighted by molar-refractivity contribution is -0.126. The summed E-state index contributed by atoms with van der Waals surface area (Å²) >= 11 is 6.05. The van der Waals surface area contributed by atoms with Gasteiger partial charge in [-0.25, -0.2) is 0 Å². The van der Waals surface area contributed by atoms with Crippen LogP contribution in [0.25, 0.3) is 0 Å². The molecular weight excluding hydrogens is 410 g/mol. The van der Waals surface area contributed by atoms with Crippen LogP contribution in [0.3, 0.4) is 0 Å². The fraction of sp³-hybridized carbons (Fsp3) is 0.480. The van der Waals surface area contributed by atoms with Gasteiger partial charge in [0.1, 0.15) is 5.75 Å². The van der Waals surface area contributed by atoms with E-state index in [1.807, 2.05) is 18.2 Å². The zero-order chi connectivity index (χ0) is 22.0. The Morgan fingerprint density at radius 2 is 1.97 bits per heavy atom. The van der Waals surface area contributed by atoms with E-state index in [4.69, 9.17) is 16.3 Å². The number of fused-ring (bicyclic) bond motifs is 3. The number of nitrogens with one attached hydrogen (secondary N) is 1. The second-order valence-corrected chi connectivity index (χ2v) is 9.50. The van der Waals surface area contributed by atoms with Crippen LogP contribution in [-0.4, -0.2) is 50.1 Å². The van der Waals surface area contributed by atoms with Gasteiger partial charge in [-0.3, -0.25) is 9.69 Å². The fourth-order valence-electron chi connectivity index (χ4n) is 4.69. The first-order valence-electron chi connectivity index (χ1n) is 11.1. The van der Waals surface area contributed by atoms with Crippen molar-refractivity contribution in [3.63, 3.8) is 0 Å². The maximum Gasteiger partial charge on any atom is 0.225 e. The molecule has 0 bridgehead atoms. The first-order chi connectivity index (χ1) is 14.9. The van der Waals surface area contributed by atoms with Gasteiger partial charge in [-0.1, -0.05) is 43.6 Å². The summed E-state index contributed by atoms with van der Waals surface area (Å²) in [6, 6.07) is 14.4. The van der Waals surface area contributed by atoms with Crippen molar-refractivity contribution in [1.29, 1.82) is 0 Å². The first-order valence-corrected chi connectivity index (χ1v) is 11.5. The van der Waals surface area contributed by atoms with Crippen LogP contribution in [0.2, 0.25) is 5.02 Å². The van der Waals surface area contributed by atoms with E-state index in [0.717, 1.165) is 43.4 Å². The average molecular weight is 442 g/mol. The predicted molar refractivity (Wildman–Crippen MR) is 126 cm³/mol. The van der Waals surface area contributed by atoms with Crippen molar-refractivity contribution >= 4 is 23.2 Å². The zero-order valence-corrected chi connectivity index (χ0v) is 19.4. The van der Waals surface area contributed by atoms with E-state index in [2.05, 4.69) is 53.2 Å². The summed E-state index contributed by atoms with van der Waals surface area (Å²) in [5.74, 6) is 1.41. The van der Waals surface area contributed by atoms with E-state index in [1.54, 1.807) is 7.11 Å². The third-order valence-electron chi connectivity index (χ3n) is 6.35. The monoisotopic (exact) mass is 441 g/mol. The molecule has 2 aliphatic rings. The number of anilines is 1. The van der Waals surface area contributed by atoms with Gasteiger partial charge in [-0.2, -0.15) is 0 Å². The third-order valence-corrected chi connectivity index (χ3v) is 6.60. The number of amides is 1. The van der Waals surface area contributed by atoms with E-state index in [0.29, 0.717) is 12.5 Å². The molecule has 0 saturated carbocycles. The van der Waals surface area contributed by atoms with Crippen molar-refractivity contribution in [2.24, 2.45) is 11.8 Å². The number of carbonyl (C=O) groups is 1. The van der Waals surface area contributed by atoms with Gasteiger partial charge in [0.25, 0.3) is 0 Å². The van der Waals surface area contributed by atoms with Gasteiger partial charge in [0.2, 0.25) is 5.91 Å². The van der Waals surface area contributed by atoms with Gasteiger partial charge >= 0.3 is 0 Å².